The van der Waals surface area contributed by atoms with E-state index in [-0.39, 0.29) is 18.9 Å². The molecule has 1 saturated carbocycles. The highest BCUT2D eigenvalue weighted by Gasteiger charge is 2.40. The maximum atomic E-state index is 12.4. The highest BCUT2D eigenvalue weighted by Crippen LogP contribution is 2.43. The average molecular weight is 460 g/mol. The number of nitrogens with one attached hydrogen (secondary N) is 2. The zero-order valence-electron chi connectivity index (χ0n) is 18.5. The molecule has 2 aliphatic rings. The van der Waals surface area contributed by atoms with Crippen molar-refractivity contribution in [1.82, 2.24) is 10.3 Å². The van der Waals surface area contributed by atoms with E-state index < -0.39 is 17.7 Å². The molecule has 8 nitrogen and oxygen atoms in total. The number of rotatable bonds is 6. The molecule has 1 fully saturated rings. The second-order valence-electron chi connectivity index (χ2n) is 8.65. The van der Waals surface area contributed by atoms with Gasteiger partial charge < -0.3 is 25.6 Å². The predicted octanol–water partition coefficient (Wildman–Crippen LogP) is 4.14. The van der Waals surface area contributed by atoms with E-state index >= 15 is 0 Å². The van der Waals surface area contributed by atoms with Gasteiger partial charge in [0.05, 0.1) is 11.2 Å². The van der Waals surface area contributed by atoms with E-state index in [1.807, 2.05) is 60.7 Å². The van der Waals surface area contributed by atoms with E-state index in [0.29, 0.717) is 17.3 Å². The van der Waals surface area contributed by atoms with Crippen LogP contribution in [-0.4, -0.2) is 39.9 Å². The third kappa shape index (κ3) is 3.97. The number of aromatic nitrogens is 1. The molecule has 0 saturated heterocycles. The van der Waals surface area contributed by atoms with Gasteiger partial charge in [-0.3, -0.25) is 4.79 Å². The Labute approximate surface area is 196 Å². The summed E-state index contributed by atoms with van der Waals surface area (Å²) in [6.45, 7) is -0.171. The van der Waals surface area contributed by atoms with Crippen LogP contribution < -0.4 is 15.4 Å². The molecule has 174 valence electrons. The van der Waals surface area contributed by atoms with Crippen molar-refractivity contribution in [1.29, 1.82) is 0 Å². The fourth-order valence-electron chi connectivity index (χ4n) is 4.61. The van der Waals surface area contributed by atoms with Gasteiger partial charge in [0, 0.05) is 24.2 Å². The Bertz CT molecular complexity index is 1220. The molecule has 2 heterocycles. The van der Waals surface area contributed by atoms with E-state index in [0.717, 1.165) is 41.5 Å². The Morgan fingerprint density at radius 2 is 1.85 bits per heavy atom. The van der Waals surface area contributed by atoms with Gasteiger partial charge in [0.2, 0.25) is 5.88 Å². The zero-order chi connectivity index (χ0) is 23.7. The molecule has 1 unspecified atom stereocenters. The molecule has 1 aliphatic carbocycles. The van der Waals surface area contributed by atoms with Crippen LogP contribution in [0.15, 0.2) is 60.7 Å². The molecule has 1 atom stereocenters. The van der Waals surface area contributed by atoms with Crippen LogP contribution >= 0.6 is 0 Å². The van der Waals surface area contributed by atoms with Gasteiger partial charge in [-0.15, -0.1) is 0 Å². The van der Waals surface area contributed by atoms with E-state index in [2.05, 4.69) is 10.6 Å². The van der Waals surface area contributed by atoms with Gasteiger partial charge in [0.1, 0.15) is 5.69 Å². The summed E-state index contributed by atoms with van der Waals surface area (Å²) in [6, 6.07) is 19.4. The van der Waals surface area contributed by atoms with E-state index in [9.17, 15) is 19.8 Å². The molecule has 1 aromatic heterocycles. The SMILES string of the molecule is O=C(O)NC1(c2ccc(-c3nc4c(cc3-c3ccccc3)NC(=O)C(CCO)O4)cc2)CCC1. The lowest BCUT2D eigenvalue weighted by Crippen LogP contribution is -2.50. The van der Waals surface area contributed by atoms with Gasteiger partial charge in [0.15, 0.2) is 6.10 Å². The highest BCUT2D eigenvalue weighted by molar-refractivity contribution is 5.99. The molecule has 0 bridgehead atoms. The van der Waals surface area contributed by atoms with Crippen LogP contribution in [0.3, 0.4) is 0 Å². The summed E-state index contributed by atoms with van der Waals surface area (Å²) in [5.41, 5.74) is 4.16. The minimum absolute atomic E-state index is 0.171. The van der Waals surface area contributed by atoms with Crippen LogP contribution in [0.25, 0.3) is 22.4 Å². The van der Waals surface area contributed by atoms with Crippen LogP contribution in [0.5, 0.6) is 5.88 Å². The number of carbonyl (C=O) groups excluding carboxylic acids is 1. The van der Waals surface area contributed by atoms with Crippen molar-refractivity contribution in [2.45, 2.75) is 37.3 Å². The second-order valence-corrected chi connectivity index (χ2v) is 8.65. The summed E-state index contributed by atoms with van der Waals surface area (Å²) in [7, 11) is 0. The molecule has 8 heteroatoms. The van der Waals surface area contributed by atoms with Gasteiger partial charge in [-0.05, 0) is 36.5 Å². The summed E-state index contributed by atoms with van der Waals surface area (Å²) >= 11 is 0. The fourth-order valence-corrected chi connectivity index (χ4v) is 4.61. The third-order valence-electron chi connectivity index (χ3n) is 6.53. The van der Waals surface area contributed by atoms with Crippen LogP contribution in [0, 0.1) is 0 Å². The van der Waals surface area contributed by atoms with Crippen molar-refractivity contribution < 1.29 is 24.5 Å². The van der Waals surface area contributed by atoms with Crippen molar-refractivity contribution in [3.05, 3.63) is 66.2 Å². The molecule has 2 amide bonds. The number of aliphatic hydroxyl groups is 1. The van der Waals surface area contributed by atoms with Crippen molar-refractivity contribution in [3.63, 3.8) is 0 Å². The molecule has 0 radical (unpaired) electrons. The number of benzene rings is 2. The zero-order valence-corrected chi connectivity index (χ0v) is 18.5. The first-order chi connectivity index (χ1) is 16.5. The first-order valence-corrected chi connectivity index (χ1v) is 11.3. The first kappa shape index (κ1) is 21.9. The molecule has 5 rings (SSSR count). The van der Waals surface area contributed by atoms with Gasteiger partial charge >= 0.3 is 6.09 Å². The molecule has 0 spiro atoms. The number of aliphatic hydroxyl groups excluding tert-OH is 1. The minimum atomic E-state index is -1.02. The number of anilines is 1. The number of fused-ring (bicyclic) bond motifs is 1. The molecular weight excluding hydrogens is 434 g/mol. The lowest BCUT2D eigenvalue weighted by atomic mass is 9.71. The van der Waals surface area contributed by atoms with E-state index in [1.165, 1.54) is 0 Å². The normalized spacial score (nSPS) is 18.1. The number of pyridine rings is 1. The minimum Gasteiger partial charge on any atom is -0.465 e. The molecule has 2 aromatic carbocycles. The average Bonchev–Trinajstić information content (AvgIpc) is 2.82. The number of hydrogen-bond acceptors (Lipinski definition) is 5. The highest BCUT2D eigenvalue weighted by atomic mass is 16.5. The predicted molar refractivity (Wildman–Crippen MR) is 127 cm³/mol. The van der Waals surface area contributed by atoms with E-state index in [1.54, 1.807) is 0 Å². The summed E-state index contributed by atoms with van der Waals surface area (Å²) in [6.07, 6.45) is 0.863. The first-order valence-electron chi connectivity index (χ1n) is 11.3. The quantitative estimate of drug-likeness (QED) is 0.440. The summed E-state index contributed by atoms with van der Waals surface area (Å²) in [5.74, 6) is -0.00370. The van der Waals surface area contributed by atoms with Gasteiger partial charge in [0.25, 0.3) is 5.91 Å². The lowest BCUT2D eigenvalue weighted by molar-refractivity contribution is -0.124. The Morgan fingerprint density at radius 1 is 1.12 bits per heavy atom. The fraction of sp³-hybridized carbons (Fsp3) is 0.269. The molecular formula is C26H25N3O5. The Kier molecular flexibility index (Phi) is 5.67. The number of amides is 2. The van der Waals surface area contributed by atoms with Crippen LogP contribution in [0.2, 0.25) is 0 Å². The van der Waals surface area contributed by atoms with Crippen molar-refractivity contribution in [2.24, 2.45) is 0 Å². The number of carbonyl (C=O) groups is 2. The maximum Gasteiger partial charge on any atom is 0.405 e. The van der Waals surface area contributed by atoms with Gasteiger partial charge in [-0.25, -0.2) is 9.78 Å². The second kappa shape index (κ2) is 8.79. The lowest BCUT2D eigenvalue weighted by Gasteiger charge is -2.42. The van der Waals surface area contributed by atoms with Crippen LogP contribution in [-0.2, 0) is 10.3 Å². The Morgan fingerprint density at radius 3 is 2.47 bits per heavy atom. The monoisotopic (exact) mass is 459 g/mol. The maximum absolute atomic E-state index is 12.4. The standard InChI is InChI=1S/C26H25N3O5/c30-14-11-21-23(31)27-20-15-19(16-5-2-1-3-6-16)22(28-24(20)34-21)17-7-9-18(10-8-17)26(12-4-13-26)29-25(32)33/h1-3,5-10,15,21,29-30H,4,11-14H2,(H,27,31)(H,32,33). The molecule has 34 heavy (non-hydrogen) atoms. The van der Waals surface area contributed by atoms with E-state index in [4.69, 9.17) is 9.72 Å². The largest absolute Gasteiger partial charge is 0.465 e. The summed E-state index contributed by atoms with van der Waals surface area (Å²) in [4.78, 5) is 28.5. The van der Waals surface area contributed by atoms with Crippen LogP contribution in [0.1, 0.15) is 31.2 Å². The van der Waals surface area contributed by atoms with Crippen molar-refractivity contribution in [3.8, 4) is 28.3 Å². The number of hydrogen-bond donors (Lipinski definition) is 4. The van der Waals surface area contributed by atoms with Gasteiger partial charge in [-0.1, -0.05) is 54.6 Å². The topological polar surface area (TPSA) is 121 Å². The third-order valence-corrected chi connectivity index (χ3v) is 6.53. The van der Waals surface area contributed by atoms with Gasteiger partial charge in [-0.2, -0.15) is 0 Å². The molecule has 4 N–H and O–H groups in total. The van der Waals surface area contributed by atoms with Crippen LogP contribution in [0.4, 0.5) is 10.5 Å². The Hall–Kier alpha value is -3.91. The molecule has 3 aromatic rings. The number of carboxylic acid groups (broad SMARTS) is 1. The Balaban J connectivity index is 1.57. The number of ether oxygens (including phenoxy) is 1. The van der Waals surface area contributed by atoms with Crippen molar-refractivity contribution in [2.75, 3.05) is 11.9 Å². The summed E-state index contributed by atoms with van der Waals surface area (Å²) in [5, 5.41) is 24.1. The van der Waals surface area contributed by atoms with Crippen molar-refractivity contribution >= 4 is 17.7 Å². The summed E-state index contributed by atoms with van der Waals surface area (Å²) < 4.78 is 5.83. The smallest absolute Gasteiger partial charge is 0.405 e. The molecule has 1 aliphatic heterocycles. The number of nitrogens with zero attached hydrogens (tertiary/aromatic N) is 1.